The van der Waals surface area contributed by atoms with E-state index in [4.69, 9.17) is 4.74 Å². The molecular formula is C13H9FN2O2. The summed E-state index contributed by atoms with van der Waals surface area (Å²) in [4.78, 5) is 8.05. The number of methoxy groups -OCH3 is 1. The third-order valence-electron chi connectivity index (χ3n) is 2.84. The first-order valence-electron chi connectivity index (χ1n) is 5.30. The van der Waals surface area contributed by atoms with E-state index in [0.29, 0.717) is 27.6 Å². The molecule has 0 amide bonds. The number of nitrogens with zero attached hydrogens (tertiary/aromatic N) is 2. The number of phenolic OH excluding ortho intramolecular Hbond substituents is 1. The predicted molar refractivity (Wildman–Crippen MR) is 65.2 cm³/mol. The second-order valence-electron chi connectivity index (χ2n) is 3.86. The number of aromatic nitrogens is 2. The van der Waals surface area contributed by atoms with Crippen LogP contribution in [0.3, 0.4) is 0 Å². The number of hydrogen-bond acceptors (Lipinski definition) is 4. The molecule has 2 aromatic carbocycles. The molecule has 1 heterocycles. The average molecular weight is 244 g/mol. The second kappa shape index (κ2) is 3.80. The Hall–Kier alpha value is -2.43. The van der Waals surface area contributed by atoms with Crippen molar-refractivity contribution in [1.82, 2.24) is 9.97 Å². The predicted octanol–water partition coefficient (Wildman–Crippen LogP) is 2.64. The molecular weight excluding hydrogens is 235 g/mol. The second-order valence-corrected chi connectivity index (χ2v) is 3.86. The number of phenols is 1. The van der Waals surface area contributed by atoms with E-state index in [-0.39, 0.29) is 11.6 Å². The van der Waals surface area contributed by atoms with Gasteiger partial charge in [0.2, 0.25) is 5.88 Å². The van der Waals surface area contributed by atoms with Crippen molar-refractivity contribution < 1.29 is 14.2 Å². The summed E-state index contributed by atoms with van der Waals surface area (Å²) in [5.74, 6) is 0.0224. The Bertz CT molecular complexity index is 759. The first-order valence-corrected chi connectivity index (χ1v) is 5.30. The summed E-state index contributed by atoms with van der Waals surface area (Å²) in [5.41, 5.74) is 0.512. The third-order valence-corrected chi connectivity index (χ3v) is 2.84. The van der Waals surface area contributed by atoms with E-state index in [1.165, 1.54) is 37.7 Å². The van der Waals surface area contributed by atoms with E-state index in [1.54, 1.807) is 0 Å². The van der Waals surface area contributed by atoms with Gasteiger partial charge in [-0.05, 0) is 18.2 Å². The number of fused-ring (bicyclic) bond motifs is 3. The van der Waals surface area contributed by atoms with Gasteiger partial charge in [-0.2, -0.15) is 0 Å². The summed E-state index contributed by atoms with van der Waals surface area (Å²) >= 11 is 0. The zero-order valence-electron chi connectivity index (χ0n) is 9.51. The molecule has 1 N–H and O–H groups in total. The van der Waals surface area contributed by atoms with Gasteiger partial charge in [-0.25, -0.2) is 14.4 Å². The van der Waals surface area contributed by atoms with E-state index in [9.17, 15) is 9.50 Å². The zero-order chi connectivity index (χ0) is 12.7. The molecule has 0 unspecified atom stereocenters. The zero-order valence-corrected chi connectivity index (χ0v) is 9.51. The molecule has 1 aromatic heterocycles. The van der Waals surface area contributed by atoms with Gasteiger partial charge in [0.05, 0.1) is 18.0 Å². The van der Waals surface area contributed by atoms with Crippen LogP contribution in [0.4, 0.5) is 4.39 Å². The maximum atomic E-state index is 13.4. The van der Waals surface area contributed by atoms with Gasteiger partial charge in [-0.1, -0.05) is 0 Å². The summed E-state index contributed by atoms with van der Waals surface area (Å²) in [5, 5.41) is 11.6. The first-order chi connectivity index (χ1) is 8.70. The smallest absolute Gasteiger partial charge is 0.224 e. The lowest BCUT2D eigenvalue weighted by molar-refractivity contribution is 0.403. The van der Waals surface area contributed by atoms with Gasteiger partial charge in [-0.3, -0.25) is 0 Å². The molecule has 0 radical (unpaired) electrons. The molecule has 0 spiro atoms. The highest BCUT2D eigenvalue weighted by Gasteiger charge is 2.12. The Morgan fingerprint density at radius 2 is 2.00 bits per heavy atom. The van der Waals surface area contributed by atoms with Crippen LogP contribution in [0.15, 0.2) is 30.6 Å². The van der Waals surface area contributed by atoms with Crippen molar-refractivity contribution in [2.75, 3.05) is 7.11 Å². The molecule has 5 heteroatoms. The van der Waals surface area contributed by atoms with Gasteiger partial charge >= 0.3 is 0 Å². The fraction of sp³-hybridized carbons (Fsp3) is 0.0769. The molecule has 0 saturated carbocycles. The van der Waals surface area contributed by atoms with E-state index >= 15 is 0 Å². The van der Waals surface area contributed by atoms with Crippen LogP contribution in [0.25, 0.3) is 21.7 Å². The van der Waals surface area contributed by atoms with Crippen molar-refractivity contribution in [2.24, 2.45) is 0 Å². The molecule has 0 fully saturated rings. The van der Waals surface area contributed by atoms with E-state index < -0.39 is 0 Å². The third kappa shape index (κ3) is 1.44. The van der Waals surface area contributed by atoms with Crippen LogP contribution >= 0.6 is 0 Å². The van der Waals surface area contributed by atoms with E-state index in [0.717, 1.165) is 0 Å². The molecule has 4 nitrogen and oxygen atoms in total. The standard InChI is InChI=1S/C13H9FN2O2/c1-18-13-12-9-4-7(14)2-3-8(9)11(17)5-10(12)15-6-16-13/h2-6,17H,1H3. The van der Waals surface area contributed by atoms with Crippen LogP contribution in [-0.4, -0.2) is 22.2 Å². The van der Waals surface area contributed by atoms with Crippen LogP contribution in [0.1, 0.15) is 0 Å². The lowest BCUT2D eigenvalue weighted by atomic mass is 10.0. The van der Waals surface area contributed by atoms with Crippen molar-refractivity contribution in [3.05, 3.63) is 36.4 Å². The molecule has 0 aliphatic carbocycles. The van der Waals surface area contributed by atoms with Crippen molar-refractivity contribution in [2.45, 2.75) is 0 Å². The summed E-state index contributed by atoms with van der Waals surface area (Å²) in [7, 11) is 1.49. The number of aromatic hydroxyl groups is 1. The molecule has 0 aliphatic heterocycles. The van der Waals surface area contributed by atoms with Crippen LogP contribution in [0.5, 0.6) is 11.6 Å². The minimum atomic E-state index is -0.389. The highest BCUT2D eigenvalue weighted by atomic mass is 19.1. The fourth-order valence-electron chi connectivity index (χ4n) is 2.05. The number of halogens is 1. The minimum Gasteiger partial charge on any atom is -0.507 e. The number of rotatable bonds is 1. The van der Waals surface area contributed by atoms with Gasteiger partial charge < -0.3 is 9.84 Å². The van der Waals surface area contributed by atoms with Crippen molar-refractivity contribution in [3.63, 3.8) is 0 Å². The highest BCUT2D eigenvalue weighted by Crippen LogP contribution is 2.35. The molecule has 3 aromatic rings. The van der Waals surface area contributed by atoms with Crippen molar-refractivity contribution >= 4 is 21.7 Å². The fourth-order valence-corrected chi connectivity index (χ4v) is 2.05. The van der Waals surface area contributed by atoms with Crippen LogP contribution in [0, 0.1) is 5.82 Å². The van der Waals surface area contributed by atoms with Gasteiger partial charge in [0.1, 0.15) is 17.9 Å². The lowest BCUT2D eigenvalue weighted by Crippen LogP contribution is -1.92. The van der Waals surface area contributed by atoms with Gasteiger partial charge in [0, 0.05) is 16.8 Å². The summed E-state index contributed by atoms with van der Waals surface area (Å²) in [6.45, 7) is 0. The molecule has 90 valence electrons. The Labute approximate surface area is 102 Å². The average Bonchev–Trinajstić information content (AvgIpc) is 2.37. The molecule has 0 atom stereocenters. The van der Waals surface area contributed by atoms with Crippen molar-refractivity contribution in [3.8, 4) is 11.6 Å². The molecule has 3 rings (SSSR count). The molecule has 18 heavy (non-hydrogen) atoms. The Kier molecular flexibility index (Phi) is 2.26. The number of ether oxygens (including phenoxy) is 1. The first kappa shape index (κ1) is 10.7. The van der Waals surface area contributed by atoms with E-state index in [2.05, 4.69) is 9.97 Å². The number of benzene rings is 2. The summed E-state index contributed by atoms with van der Waals surface area (Å²) in [6.07, 6.45) is 1.34. The lowest BCUT2D eigenvalue weighted by Gasteiger charge is -2.08. The summed E-state index contributed by atoms with van der Waals surface area (Å²) < 4.78 is 18.5. The van der Waals surface area contributed by atoms with Crippen LogP contribution in [0.2, 0.25) is 0 Å². The van der Waals surface area contributed by atoms with Gasteiger partial charge in [0.15, 0.2) is 0 Å². The minimum absolute atomic E-state index is 0.0539. The topological polar surface area (TPSA) is 55.2 Å². The summed E-state index contributed by atoms with van der Waals surface area (Å²) in [6, 6.07) is 5.67. The molecule has 0 saturated heterocycles. The Morgan fingerprint density at radius 1 is 1.17 bits per heavy atom. The van der Waals surface area contributed by atoms with Crippen molar-refractivity contribution in [1.29, 1.82) is 0 Å². The maximum absolute atomic E-state index is 13.4. The normalized spacial score (nSPS) is 11.0. The van der Waals surface area contributed by atoms with Crippen LogP contribution in [-0.2, 0) is 0 Å². The Morgan fingerprint density at radius 3 is 2.78 bits per heavy atom. The quantitative estimate of drug-likeness (QED) is 0.668. The maximum Gasteiger partial charge on any atom is 0.224 e. The SMILES string of the molecule is COc1ncnc2cc(O)c3ccc(F)cc3c12. The van der Waals surface area contributed by atoms with Gasteiger partial charge in [-0.15, -0.1) is 0 Å². The largest absolute Gasteiger partial charge is 0.507 e. The van der Waals surface area contributed by atoms with E-state index in [1.807, 2.05) is 0 Å². The molecule has 0 bridgehead atoms. The highest BCUT2D eigenvalue weighted by molar-refractivity contribution is 6.11. The van der Waals surface area contributed by atoms with Crippen LogP contribution < -0.4 is 4.74 Å². The van der Waals surface area contributed by atoms with Gasteiger partial charge in [0.25, 0.3) is 0 Å². The Balaban J connectivity index is 2.60. The number of hydrogen-bond donors (Lipinski definition) is 1. The monoisotopic (exact) mass is 244 g/mol. The molecule has 0 aliphatic rings.